The summed E-state index contributed by atoms with van der Waals surface area (Å²) in [4.78, 5) is 19.3. The maximum atomic E-state index is 12.5. The normalized spacial score (nSPS) is 24.3. The number of hydrogen-bond donors (Lipinski definition) is 1. The Hall–Kier alpha value is -1.51. The van der Waals surface area contributed by atoms with Gasteiger partial charge in [-0.25, -0.2) is 0 Å². The number of piperidine rings is 1. The first-order valence-electron chi connectivity index (χ1n) is 8.17. The van der Waals surface area contributed by atoms with Gasteiger partial charge in [0.2, 0.25) is 0 Å². The van der Waals surface area contributed by atoms with Crippen molar-refractivity contribution in [2.45, 2.75) is 31.5 Å². The van der Waals surface area contributed by atoms with Gasteiger partial charge in [-0.15, -0.1) is 0 Å². The number of methoxy groups -OCH3 is 1. The molecule has 0 amide bonds. The van der Waals surface area contributed by atoms with Crippen LogP contribution in [0.15, 0.2) is 4.99 Å². The van der Waals surface area contributed by atoms with E-state index < -0.39 is 12.7 Å². The van der Waals surface area contributed by atoms with Crippen molar-refractivity contribution in [2.75, 3.05) is 46.9 Å². The number of alkyl halides is 3. The predicted molar refractivity (Wildman–Crippen MR) is 83.7 cm³/mol. The number of likely N-dealkylation sites (tertiary alicyclic amines) is 2. The van der Waals surface area contributed by atoms with Crippen LogP contribution in [0.25, 0.3) is 0 Å². The fourth-order valence-corrected chi connectivity index (χ4v) is 3.32. The van der Waals surface area contributed by atoms with Gasteiger partial charge in [0, 0.05) is 39.3 Å². The third-order valence-electron chi connectivity index (χ3n) is 4.55. The van der Waals surface area contributed by atoms with E-state index in [1.807, 2.05) is 4.90 Å². The molecule has 0 bridgehead atoms. The van der Waals surface area contributed by atoms with Gasteiger partial charge in [-0.2, -0.15) is 13.2 Å². The van der Waals surface area contributed by atoms with Gasteiger partial charge in [-0.1, -0.05) is 0 Å². The molecular weight excluding hydrogens is 325 g/mol. The van der Waals surface area contributed by atoms with E-state index in [-0.39, 0.29) is 17.9 Å². The van der Waals surface area contributed by atoms with E-state index in [4.69, 9.17) is 4.74 Å². The zero-order valence-corrected chi connectivity index (χ0v) is 14.1. The van der Waals surface area contributed by atoms with Gasteiger partial charge in [-0.3, -0.25) is 14.7 Å². The molecule has 2 rings (SSSR count). The first kappa shape index (κ1) is 18.8. The molecule has 9 heteroatoms. The Morgan fingerprint density at radius 2 is 1.92 bits per heavy atom. The maximum absolute atomic E-state index is 12.5. The number of hydrogen-bond acceptors (Lipinski definition) is 4. The van der Waals surface area contributed by atoms with Crippen LogP contribution in [-0.2, 0) is 9.53 Å². The molecule has 138 valence electrons. The minimum absolute atomic E-state index is 0.0376. The number of ether oxygens (including phenoxy) is 1. The number of rotatable bonds is 3. The van der Waals surface area contributed by atoms with Crippen LogP contribution in [0.3, 0.4) is 0 Å². The summed E-state index contributed by atoms with van der Waals surface area (Å²) in [5.74, 6) is 0.423. The Labute approximate surface area is 140 Å². The molecule has 2 aliphatic rings. The number of nitrogens with one attached hydrogen (secondary N) is 1. The Morgan fingerprint density at radius 3 is 2.46 bits per heavy atom. The van der Waals surface area contributed by atoms with E-state index in [1.54, 1.807) is 7.05 Å². The summed E-state index contributed by atoms with van der Waals surface area (Å²) >= 11 is 0. The topological polar surface area (TPSA) is 57.2 Å². The fourth-order valence-electron chi connectivity index (χ4n) is 3.32. The Kier molecular flexibility index (Phi) is 6.31. The van der Waals surface area contributed by atoms with Crippen molar-refractivity contribution in [2.24, 2.45) is 10.9 Å². The summed E-state index contributed by atoms with van der Waals surface area (Å²) in [5, 5.41) is 3.26. The second kappa shape index (κ2) is 8.04. The first-order chi connectivity index (χ1) is 11.3. The maximum Gasteiger partial charge on any atom is 0.401 e. The molecule has 0 radical (unpaired) electrons. The number of guanidine groups is 1. The van der Waals surface area contributed by atoms with Gasteiger partial charge in [0.05, 0.1) is 19.6 Å². The van der Waals surface area contributed by atoms with Crippen LogP contribution in [0.5, 0.6) is 0 Å². The molecule has 1 atom stereocenters. The highest BCUT2D eigenvalue weighted by Crippen LogP contribution is 2.21. The van der Waals surface area contributed by atoms with Crippen LogP contribution in [-0.4, -0.2) is 80.8 Å². The van der Waals surface area contributed by atoms with Crippen LogP contribution in [0.2, 0.25) is 0 Å². The molecule has 1 unspecified atom stereocenters. The van der Waals surface area contributed by atoms with Crippen LogP contribution in [0, 0.1) is 5.92 Å². The first-order valence-corrected chi connectivity index (χ1v) is 8.17. The monoisotopic (exact) mass is 350 g/mol. The smallest absolute Gasteiger partial charge is 0.401 e. The number of carbonyl (C=O) groups excluding carboxylic acids is 1. The molecule has 0 spiro atoms. The quantitative estimate of drug-likeness (QED) is 0.469. The van der Waals surface area contributed by atoms with Crippen molar-refractivity contribution < 1.29 is 22.7 Å². The lowest BCUT2D eigenvalue weighted by molar-refractivity contribution is -0.147. The van der Waals surface area contributed by atoms with E-state index in [2.05, 4.69) is 10.3 Å². The lowest BCUT2D eigenvalue weighted by atomic mass is 9.97. The highest BCUT2D eigenvalue weighted by atomic mass is 19.4. The number of esters is 1. The van der Waals surface area contributed by atoms with Crippen LogP contribution < -0.4 is 5.32 Å². The molecule has 1 N–H and O–H groups in total. The van der Waals surface area contributed by atoms with Gasteiger partial charge in [0.1, 0.15) is 0 Å². The van der Waals surface area contributed by atoms with Crippen LogP contribution in [0.1, 0.15) is 19.3 Å². The lowest BCUT2D eigenvalue weighted by Crippen LogP contribution is -2.50. The molecule has 2 fully saturated rings. The average Bonchev–Trinajstić information content (AvgIpc) is 2.97. The molecule has 0 aliphatic carbocycles. The summed E-state index contributed by atoms with van der Waals surface area (Å²) in [6.45, 7) is 1.28. The highest BCUT2D eigenvalue weighted by molar-refractivity contribution is 5.81. The van der Waals surface area contributed by atoms with Gasteiger partial charge >= 0.3 is 12.1 Å². The lowest BCUT2D eigenvalue weighted by Gasteiger charge is -2.34. The number of halogens is 3. The third kappa shape index (κ3) is 5.25. The van der Waals surface area contributed by atoms with Crippen molar-refractivity contribution in [1.29, 1.82) is 0 Å². The largest absolute Gasteiger partial charge is 0.469 e. The Balaban J connectivity index is 1.81. The SMILES string of the molecule is CN=C(NC1CCN(CC(F)(F)F)C1)N1CCC(C(=O)OC)CC1. The molecule has 2 heterocycles. The summed E-state index contributed by atoms with van der Waals surface area (Å²) in [6.07, 6.45) is -2.11. The molecule has 2 aliphatic heterocycles. The van der Waals surface area contributed by atoms with E-state index >= 15 is 0 Å². The average molecular weight is 350 g/mol. The molecule has 0 saturated carbocycles. The van der Waals surface area contributed by atoms with Crippen molar-refractivity contribution in [3.63, 3.8) is 0 Å². The molecule has 6 nitrogen and oxygen atoms in total. The molecule has 2 saturated heterocycles. The molecule has 0 aromatic heterocycles. The number of carbonyl (C=O) groups is 1. The molecule has 0 aromatic carbocycles. The standard InChI is InChI=1S/C15H25F3N4O2/c1-19-14(22-7-3-11(4-8-22)13(23)24-2)20-12-5-6-21(9-12)10-15(16,17)18/h11-12H,3-10H2,1-2H3,(H,19,20). The molecular formula is C15H25F3N4O2. The van der Waals surface area contributed by atoms with E-state index in [0.29, 0.717) is 51.4 Å². The second-order valence-electron chi connectivity index (χ2n) is 6.31. The minimum atomic E-state index is -4.16. The van der Waals surface area contributed by atoms with Gasteiger partial charge in [0.15, 0.2) is 5.96 Å². The summed E-state index contributed by atoms with van der Waals surface area (Å²) in [7, 11) is 3.05. The van der Waals surface area contributed by atoms with Crippen molar-refractivity contribution in [3.8, 4) is 0 Å². The molecule has 0 aromatic rings. The van der Waals surface area contributed by atoms with Crippen molar-refractivity contribution in [1.82, 2.24) is 15.1 Å². The zero-order valence-electron chi connectivity index (χ0n) is 14.1. The zero-order chi connectivity index (χ0) is 17.7. The summed E-state index contributed by atoms with van der Waals surface area (Å²) in [6, 6.07) is -0.0376. The van der Waals surface area contributed by atoms with Gasteiger partial charge in [-0.05, 0) is 19.3 Å². The summed E-state index contributed by atoms with van der Waals surface area (Å²) in [5.41, 5.74) is 0. The van der Waals surface area contributed by atoms with Crippen molar-refractivity contribution in [3.05, 3.63) is 0 Å². The predicted octanol–water partition coefficient (Wildman–Crippen LogP) is 1.08. The number of aliphatic imine (C=N–C) groups is 1. The van der Waals surface area contributed by atoms with Crippen molar-refractivity contribution >= 4 is 11.9 Å². The van der Waals surface area contributed by atoms with E-state index in [1.165, 1.54) is 12.0 Å². The molecule has 24 heavy (non-hydrogen) atoms. The Morgan fingerprint density at radius 1 is 1.25 bits per heavy atom. The Bertz CT molecular complexity index is 462. The third-order valence-corrected chi connectivity index (χ3v) is 4.55. The number of nitrogens with zero attached hydrogens (tertiary/aromatic N) is 3. The van der Waals surface area contributed by atoms with Crippen LogP contribution >= 0.6 is 0 Å². The van der Waals surface area contributed by atoms with Gasteiger partial charge < -0.3 is 15.0 Å². The second-order valence-corrected chi connectivity index (χ2v) is 6.31. The highest BCUT2D eigenvalue weighted by Gasteiger charge is 2.35. The summed E-state index contributed by atoms with van der Waals surface area (Å²) < 4.78 is 42.1. The minimum Gasteiger partial charge on any atom is -0.469 e. The van der Waals surface area contributed by atoms with Gasteiger partial charge in [0.25, 0.3) is 0 Å². The van der Waals surface area contributed by atoms with E-state index in [0.717, 1.165) is 0 Å². The van der Waals surface area contributed by atoms with E-state index in [9.17, 15) is 18.0 Å². The fraction of sp³-hybridized carbons (Fsp3) is 0.867. The van der Waals surface area contributed by atoms with Crippen LogP contribution in [0.4, 0.5) is 13.2 Å².